The number of hydrogen-bond donors (Lipinski definition) is 2. The van der Waals surface area contributed by atoms with Crippen LogP contribution < -0.4 is 14.8 Å². The van der Waals surface area contributed by atoms with E-state index in [1.54, 1.807) is 60.8 Å². The molecule has 0 saturated heterocycles. The van der Waals surface area contributed by atoms with E-state index in [0.717, 1.165) is 5.56 Å². The molecule has 0 radical (unpaired) electrons. The fraction of sp³-hybridized carbons (Fsp3) is 0.111. The SMILES string of the molecule is O=C(Nc1nccc(-c2ccc(Cl)cc2)n1)c1ccc(Oc2cc3c(cc2Cl)C(C(=O)O)CCO3)cc1. The van der Waals surface area contributed by atoms with Crippen LogP contribution in [0.3, 0.4) is 0 Å². The summed E-state index contributed by atoms with van der Waals surface area (Å²) in [6.07, 6.45) is 1.94. The van der Waals surface area contributed by atoms with E-state index in [9.17, 15) is 14.7 Å². The molecule has 1 atom stereocenters. The molecule has 37 heavy (non-hydrogen) atoms. The quantitative estimate of drug-likeness (QED) is 0.292. The van der Waals surface area contributed by atoms with Crippen molar-refractivity contribution in [3.05, 3.63) is 94.1 Å². The van der Waals surface area contributed by atoms with Crippen LogP contribution in [0.5, 0.6) is 17.2 Å². The topological polar surface area (TPSA) is 111 Å². The lowest BCUT2D eigenvalue weighted by Gasteiger charge is -2.24. The molecule has 2 heterocycles. The van der Waals surface area contributed by atoms with E-state index in [-0.39, 0.29) is 16.9 Å². The molecular weight excluding hydrogens is 517 g/mol. The van der Waals surface area contributed by atoms with Crippen LogP contribution >= 0.6 is 23.2 Å². The monoisotopic (exact) mass is 535 g/mol. The number of carboxylic acid groups (broad SMARTS) is 1. The number of amides is 1. The summed E-state index contributed by atoms with van der Waals surface area (Å²) in [6.45, 7) is 0.293. The number of benzene rings is 3. The zero-order chi connectivity index (χ0) is 25.9. The molecule has 4 aromatic rings. The van der Waals surface area contributed by atoms with Crippen molar-refractivity contribution in [3.63, 3.8) is 0 Å². The normalized spacial score (nSPS) is 14.3. The summed E-state index contributed by atoms with van der Waals surface area (Å²) < 4.78 is 11.5. The van der Waals surface area contributed by atoms with Gasteiger partial charge in [0.05, 0.1) is 23.2 Å². The molecule has 0 saturated carbocycles. The van der Waals surface area contributed by atoms with Gasteiger partial charge in [-0.1, -0.05) is 35.3 Å². The Bertz CT molecular complexity index is 1480. The van der Waals surface area contributed by atoms with Crippen molar-refractivity contribution in [1.29, 1.82) is 0 Å². The second-order valence-corrected chi connectivity index (χ2v) is 9.04. The molecule has 1 aliphatic heterocycles. The Morgan fingerprint density at radius 3 is 2.51 bits per heavy atom. The first-order valence-electron chi connectivity index (χ1n) is 11.2. The van der Waals surface area contributed by atoms with E-state index in [2.05, 4.69) is 15.3 Å². The van der Waals surface area contributed by atoms with Crippen molar-refractivity contribution in [3.8, 4) is 28.5 Å². The molecule has 3 aromatic carbocycles. The third-order valence-electron chi connectivity index (χ3n) is 5.77. The lowest BCUT2D eigenvalue weighted by molar-refractivity contribution is -0.139. The van der Waals surface area contributed by atoms with Crippen molar-refractivity contribution < 1.29 is 24.2 Å². The van der Waals surface area contributed by atoms with E-state index in [1.807, 2.05) is 12.1 Å². The first kappa shape index (κ1) is 24.5. The van der Waals surface area contributed by atoms with Crippen LogP contribution in [0.15, 0.2) is 72.9 Å². The standard InChI is InChI=1S/C27H19Cl2N3O5/c28-17-5-1-15(2-6-17)22-9-11-30-27(31-22)32-25(33)16-3-7-18(8-4-16)37-24-14-23-20(13-21(24)29)19(26(34)35)10-12-36-23/h1-9,11,13-14,19H,10,12H2,(H,34,35)(H,30,31,32,33). The maximum absolute atomic E-state index is 12.7. The first-order chi connectivity index (χ1) is 17.9. The average Bonchev–Trinajstić information content (AvgIpc) is 2.89. The van der Waals surface area contributed by atoms with Gasteiger partial charge in [-0.2, -0.15) is 0 Å². The molecule has 8 nitrogen and oxygen atoms in total. The first-order valence-corrected chi connectivity index (χ1v) is 12.0. The fourth-order valence-electron chi connectivity index (χ4n) is 3.90. The number of carbonyl (C=O) groups is 2. The molecule has 10 heteroatoms. The van der Waals surface area contributed by atoms with E-state index in [0.29, 0.717) is 52.1 Å². The Labute approximate surface area is 221 Å². The van der Waals surface area contributed by atoms with Crippen molar-refractivity contribution in [2.45, 2.75) is 12.3 Å². The van der Waals surface area contributed by atoms with Gasteiger partial charge in [-0.25, -0.2) is 9.97 Å². The molecular formula is C27H19Cl2N3O5. The Hall–Kier alpha value is -4.14. The summed E-state index contributed by atoms with van der Waals surface area (Å²) in [5.41, 5.74) is 2.38. The number of rotatable bonds is 6. The van der Waals surface area contributed by atoms with Crippen LogP contribution in [-0.4, -0.2) is 33.6 Å². The minimum absolute atomic E-state index is 0.165. The number of ether oxygens (including phenoxy) is 2. The zero-order valence-electron chi connectivity index (χ0n) is 19.2. The fourth-order valence-corrected chi connectivity index (χ4v) is 4.24. The van der Waals surface area contributed by atoms with Gasteiger partial charge in [-0.3, -0.25) is 14.9 Å². The number of hydrogen-bond acceptors (Lipinski definition) is 6. The number of fused-ring (bicyclic) bond motifs is 1. The van der Waals surface area contributed by atoms with Crippen LogP contribution in [0.1, 0.15) is 28.3 Å². The van der Waals surface area contributed by atoms with E-state index >= 15 is 0 Å². The van der Waals surface area contributed by atoms with Crippen LogP contribution in [0.25, 0.3) is 11.3 Å². The van der Waals surface area contributed by atoms with Gasteiger partial charge in [0.1, 0.15) is 17.2 Å². The smallest absolute Gasteiger partial charge is 0.311 e. The minimum atomic E-state index is -0.926. The highest BCUT2D eigenvalue weighted by atomic mass is 35.5. The number of nitrogens with zero attached hydrogens (tertiary/aromatic N) is 2. The van der Waals surface area contributed by atoms with E-state index in [1.165, 1.54) is 0 Å². The molecule has 0 spiro atoms. The molecule has 1 unspecified atom stereocenters. The largest absolute Gasteiger partial charge is 0.493 e. The number of carbonyl (C=O) groups excluding carboxylic acids is 1. The maximum Gasteiger partial charge on any atom is 0.311 e. The molecule has 0 aliphatic carbocycles. The number of aliphatic carboxylic acids is 1. The summed E-state index contributed by atoms with van der Waals surface area (Å²) in [7, 11) is 0. The van der Waals surface area contributed by atoms with Crippen molar-refractivity contribution in [2.75, 3.05) is 11.9 Å². The van der Waals surface area contributed by atoms with E-state index < -0.39 is 11.9 Å². The molecule has 2 N–H and O–H groups in total. The molecule has 0 bridgehead atoms. The number of halogens is 2. The minimum Gasteiger partial charge on any atom is -0.493 e. The van der Waals surface area contributed by atoms with E-state index in [4.69, 9.17) is 32.7 Å². The molecule has 0 fully saturated rings. The third kappa shape index (κ3) is 5.50. The Kier molecular flexibility index (Phi) is 6.94. The Morgan fingerprint density at radius 1 is 1.03 bits per heavy atom. The van der Waals surface area contributed by atoms with Crippen molar-refractivity contribution >= 4 is 41.0 Å². The second-order valence-electron chi connectivity index (χ2n) is 8.20. The van der Waals surface area contributed by atoms with Gasteiger partial charge in [-0.05, 0) is 55.0 Å². The van der Waals surface area contributed by atoms with Crippen molar-refractivity contribution in [2.24, 2.45) is 0 Å². The Morgan fingerprint density at radius 2 is 1.78 bits per heavy atom. The number of anilines is 1. The highest BCUT2D eigenvalue weighted by Crippen LogP contribution is 2.41. The summed E-state index contributed by atoms with van der Waals surface area (Å²) in [6, 6.07) is 18.5. The van der Waals surface area contributed by atoms with Crippen LogP contribution in [0.2, 0.25) is 10.0 Å². The number of aromatic nitrogens is 2. The molecule has 1 aromatic heterocycles. The predicted octanol–water partition coefficient (Wildman–Crippen LogP) is 6.45. The lowest BCUT2D eigenvalue weighted by atomic mass is 9.93. The van der Waals surface area contributed by atoms with Crippen molar-refractivity contribution in [1.82, 2.24) is 9.97 Å². The summed E-state index contributed by atoms with van der Waals surface area (Å²) in [5, 5.41) is 13.0. The van der Waals surface area contributed by atoms with Gasteiger partial charge >= 0.3 is 5.97 Å². The molecule has 5 rings (SSSR count). The van der Waals surface area contributed by atoms with Gasteiger partial charge in [0.25, 0.3) is 5.91 Å². The predicted molar refractivity (Wildman–Crippen MR) is 139 cm³/mol. The summed E-state index contributed by atoms with van der Waals surface area (Å²) in [5.74, 6) is -0.650. The maximum atomic E-state index is 12.7. The summed E-state index contributed by atoms with van der Waals surface area (Å²) >= 11 is 12.3. The number of nitrogens with one attached hydrogen (secondary N) is 1. The van der Waals surface area contributed by atoms with Crippen LogP contribution in [0, 0.1) is 0 Å². The summed E-state index contributed by atoms with van der Waals surface area (Å²) in [4.78, 5) is 32.8. The van der Waals surface area contributed by atoms with Gasteiger partial charge in [0, 0.05) is 34.0 Å². The third-order valence-corrected chi connectivity index (χ3v) is 6.31. The second kappa shape index (κ2) is 10.5. The average molecular weight is 536 g/mol. The Balaban J connectivity index is 1.28. The van der Waals surface area contributed by atoms with Gasteiger partial charge in [0.2, 0.25) is 5.95 Å². The lowest BCUT2D eigenvalue weighted by Crippen LogP contribution is -2.20. The molecule has 1 amide bonds. The highest BCUT2D eigenvalue weighted by molar-refractivity contribution is 6.32. The number of carboxylic acids is 1. The van der Waals surface area contributed by atoms with Gasteiger partial charge in [0.15, 0.2) is 0 Å². The van der Waals surface area contributed by atoms with Gasteiger partial charge < -0.3 is 14.6 Å². The highest BCUT2D eigenvalue weighted by Gasteiger charge is 2.29. The van der Waals surface area contributed by atoms with Crippen LogP contribution in [-0.2, 0) is 4.79 Å². The molecule has 1 aliphatic rings. The molecule has 186 valence electrons. The van der Waals surface area contributed by atoms with Crippen LogP contribution in [0.4, 0.5) is 5.95 Å². The van der Waals surface area contributed by atoms with Gasteiger partial charge in [-0.15, -0.1) is 0 Å². The zero-order valence-corrected chi connectivity index (χ0v) is 20.7.